The van der Waals surface area contributed by atoms with Crippen molar-refractivity contribution in [3.63, 3.8) is 0 Å². The van der Waals surface area contributed by atoms with Crippen LogP contribution in [0.4, 0.5) is 0 Å². The van der Waals surface area contributed by atoms with E-state index in [1.54, 1.807) is 0 Å². The molecule has 0 aromatic carbocycles. The molecule has 2 saturated heterocycles. The molecule has 2 heteroatoms. The number of hydrogen-bond acceptors (Lipinski definition) is 2. The highest BCUT2D eigenvalue weighted by atomic mass is 16.5. The largest absolute Gasteiger partial charge is 0.378 e. The molecule has 3 atom stereocenters. The predicted molar refractivity (Wildman–Crippen MR) is 53.7 cm³/mol. The fourth-order valence-corrected chi connectivity index (χ4v) is 2.68. The number of ether oxygens (including phenoxy) is 1. The van der Waals surface area contributed by atoms with Crippen molar-refractivity contribution in [2.24, 2.45) is 11.8 Å². The molecular formula is C11H21NO. The van der Waals surface area contributed by atoms with Crippen LogP contribution < -0.4 is 0 Å². The monoisotopic (exact) mass is 183 g/mol. The van der Waals surface area contributed by atoms with Gasteiger partial charge in [-0.3, -0.25) is 4.90 Å². The molecule has 2 fully saturated rings. The van der Waals surface area contributed by atoms with E-state index in [4.69, 9.17) is 4.74 Å². The Kier molecular flexibility index (Phi) is 2.61. The molecule has 2 rings (SSSR count). The van der Waals surface area contributed by atoms with Gasteiger partial charge in [0, 0.05) is 12.1 Å². The molecule has 13 heavy (non-hydrogen) atoms. The van der Waals surface area contributed by atoms with E-state index in [0.29, 0.717) is 12.1 Å². The van der Waals surface area contributed by atoms with Gasteiger partial charge < -0.3 is 4.74 Å². The molecule has 2 aliphatic heterocycles. The highest BCUT2D eigenvalue weighted by Gasteiger charge is 2.37. The summed E-state index contributed by atoms with van der Waals surface area (Å²) in [5.41, 5.74) is 0. The van der Waals surface area contributed by atoms with E-state index in [9.17, 15) is 0 Å². The lowest BCUT2D eigenvalue weighted by Gasteiger charge is -2.47. The van der Waals surface area contributed by atoms with E-state index in [2.05, 4.69) is 25.8 Å². The molecule has 0 saturated carbocycles. The summed E-state index contributed by atoms with van der Waals surface area (Å²) in [4.78, 5) is 2.53. The molecule has 0 radical (unpaired) electrons. The van der Waals surface area contributed by atoms with E-state index in [-0.39, 0.29) is 0 Å². The molecule has 0 spiro atoms. The maximum atomic E-state index is 5.59. The van der Waals surface area contributed by atoms with Crippen LogP contribution in [0.3, 0.4) is 0 Å². The summed E-state index contributed by atoms with van der Waals surface area (Å²) in [6.07, 6.45) is 2.68. The van der Waals surface area contributed by atoms with Gasteiger partial charge in [0.2, 0.25) is 0 Å². The number of hydrogen-bond donors (Lipinski definition) is 0. The van der Waals surface area contributed by atoms with Gasteiger partial charge in [-0.2, -0.15) is 0 Å². The SMILES string of the molecule is CC(C)C1C[C@H]2COC[C@@H](C1)N2C. The third kappa shape index (κ3) is 1.75. The number of fused-ring (bicyclic) bond motifs is 2. The number of morpholine rings is 1. The van der Waals surface area contributed by atoms with Gasteiger partial charge in [0.25, 0.3) is 0 Å². The Hall–Kier alpha value is -0.0800. The van der Waals surface area contributed by atoms with Crippen LogP contribution in [0.1, 0.15) is 26.7 Å². The first-order valence-electron chi connectivity index (χ1n) is 5.48. The minimum atomic E-state index is 0.694. The zero-order valence-corrected chi connectivity index (χ0v) is 8.99. The molecule has 2 bridgehead atoms. The molecule has 2 aliphatic rings. The van der Waals surface area contributed by atoms with Crippen LogP contribution in [0, 0.1) is 11.8 Å². The Morgan fingerprint density at radius 2 is 1.69 bits per heavy atom. The third-order valence-electron chi connectivity index (χ3n) is 3.86. The van der Waals surface area contributed by atoms with Crippen molar-refractivity contribution < 1.29 is 4.74 Å². The number of likely N-dealkylation sites (N-methyl/N-ethyl adjacent to an activating group) is 1. The van der Waals surface area contributed by atoms with Crippen LogP contribution in [0.25, 0.3) is 0 Å². The molecule has 1 unspecified atom stereocenters. The molecule has 0 amide bonds. The fraction of sp³-hybridized carbons (Fsp3) is 1.00. The first-order valence-corrected chi connectivity index (χ1v) is 5.48. The standard InChI is InChI=1S/C11H21NO/c1-8(2)9-4-10-6-13-7-11(5-9)12(10)3/h8-11H,4-7H2,1-3H3/t9?,10-,11+. The lowest BCUT2D eigenvalue weighted by molar-refractivity contribution is -0.0803. The number of nitrogens with zero attached hydrogens (tertiary/aromatic N) is 1. The van der Waals surface area contributed by atoms with E-state index < -0.39 is 0 Å². The van der Waals surface area contributed by atoms with E-state index in [1.165, 1.54) is 12.8 Å². The smallest absolute Gasteiger partial charge is 0.0622 e. The topological polar surface area (TPSA) is 12.5 Å². The van der Waals surface area contributed by atoms with Crippen molar-refractivity contribution in [2.75, 3.05) is 20.3 Å². The Morgan fingerprint density at radius 3 is 2.15 bits per heavy atom. The first kappa shape index (κ1) is 9.47. The Morgan fingerprint density at radius 1 is 1.15 bits per heavy atom. The lowest BCUT2D eigenvalue weighted by atomic mass is 9.79. The Bertz CT molecular complexity index is 167. The van der Waals surface area contributed by atoms with Gasteiger partial charge in [0.15, 0.2) is 0 Å². The first-order chi connectivity index (χ1) is 6.18. The van der Waals surface area contributed by atoms with Crippen LogP contribution in [0.15, 0.2) is 0 Å². The summed E-state index contributed by atoms with van der Waals surface area (Å²) >= 11 is 0. The van der Waals surface area contributed by atoms with Crippen molar-refractivity contribution in [2.45, 2.75) is 38.8 Å². The maximum Gasteiger partial charge on any atom is 0.0622 e. The van der Waals surface area contributed by atoms with Crippen LogP contribution in [0.2, 0.25) is 0 Å². The summed E-state index contributed by atoms with van der Waals surface area (Å²) < 4.78 is 5.59. The third-order valence-corrected chi connectivity index (χ3v) is 3.86. The molecule has 2 nitrogen and oxygen atoms in total. The Labute approximate surface area is 81.3 Å². The fourth-order valence-electron chi connectivity index (χ4n) is 2.68. The van der Waals surface area contributed by atoms with Gasteiger partial charge in [-0.1, -0.05) is 13.8 Å². The van der Waals surface area contributed by atoms with E-state index in [1.807, 2.05) is 0 Å². The highest BCUT2D eigenvalue weighted by molar-refractivity contribution is 4.90. The highest BCUT2D eigenvalue weighted by Crippen LogP contribution is 2.34. The second kappa shape index (κ2) is 3.58. The van der Waals surface area contributed by atoms with Gasteiger partial charge >= 0.3 is 0 Å². The van der Waals surface area contributed by atoms with E-state index >= 15 is 0 Å². The average molecular weight is 183 g/mol. The number of rotatable bonds is 1. The zero-order valence-electron chi connectivity index (χ0n) is 8.99. The average Bonchev–Trinajstić information content (AvgIpc) is 2.02. The molecule has 0 aromatic heterocycles. The van der Waals surface area contributed by atoms with Crippen molar-refractivity contribution in [1.29, 1.82) is 0 Å². The molecule has 76 valence electrons. The molecular weight excluding hydrogens is 162 g/mol. The summed E-state index contributed by atoms with van der Waals surface area (Å²) in [5.74, 6) is 1.77. The summed E-state index contributed by atoms with van der Waals surface area (Å²) in [6, 6.07) is 1.39. The molecule has 0 aromatic rings. The number of piperidine rings is 1. The van der Waals surface area contributed by atoms with E-state index in [0.717, 1.165) is 25.0 Å². The zero-order chi connectivity index (χ0) is 9.42. The molecule has 0 N–H and O–H groups in total. The van der Waals surface area contributed by atoms with Crippen LogP contribution in [0.5, 0.6) is 0 Å². The van der Waals surface area contributed by atoms with Crippen LogP contribution >= 0.6 is 0 Å². The van der Waals surface area contributed by atoms with Crippen molar-refractivity contribution >= 4 is 0 Å². The summed E-state index contributed by atoms with van der Waals surface area (Å²) in [7, 11) is 2.26. The van der Waals surface area contributed by atoms with Gasteiger partial charge in [-0.25, -0.2) is 0 Å². The maximum absolute atomic E-state index is 5.59. The van der Waals surface area contributed by atoms with Gasteiger partial charge in [0.05, 0.1) is 13.2 Å². The van der Waals surface area contributed by atoms with Crippen molar-refractivity contribution in [3.05, 3.63) is 0 Å². The molecule has 2 heterocycles. The summed E-state index contributed by atoms with van der Waals surface area (Å²) in [5, 5.41) is 0. The van der Waals surface area contributed by atoms with Crippen molar-refractivity contribution in [3.8, 4) is 0 Å². The van der Waals surface area contributed by atoms with Gasteiger partial charge in [-0.05, 0) is 31.7 Å². The summed E-state index contributed by atoms with van der Waals surface area (Å²) in [6.45, 7) is 6.62. The predicted octanol–water partition coefficient (Wildman–Crippen LogP) is 1.75. The van der Waals surface area contributed by atoms with Crippen LogP contribution in [-0.2, 0) is 4.74 Å². The molecule has 0 aliphatic carbocycles. The lowest BCUT2D eigenvalue weighted by Crippen LogP contribution is -2.55. The van der Waals surface area contributed by atoms with Gasteiger partial charge in [-0.15, -0.1) is 0 Å². The normalized spacial score (nSPS) is 41.1. The quantitative estimate of drug-likeness (QED) is 0.614. The van der Waals surface area contributed by atoms with Gasteiger partial charge in [0.1, 0.15) is 0 Å². The second-order valence-electron chi connectivity index (χ2n) is 4.99. The second-order valence-corrected chi connectivity index (χ2v) is 4.99. The van der Waals surface area contributed by atoms with Crippen LogP contribution in [-0.4, -0.2) is 37.2 Å². The minimum Gasteiger partial charge on any atom is -0.378 e. The Balaban J connectivity index is 2.03. The van der Waals surface area contributed by atoms with Crippen molar-refractivity contribution in [1.82, 2.24) is 4.90 Å². The minimum absolute atomic E-state index is 0.694.